The van der Waals surface area contributed by atoms with Crippen molar-refractivity contribution < 1.29 is 4.92 Å². The van der Waals surface area contributed by atoms with Crippen LogP contribution in [0, 0.1) is 17.0 Å². The number of aromatic nitrogens is 4. The summed E-state index contributed by atoms with van der Waals surface area (Å²) < 4.78 is 1.53. The molecule has 0 fully saturated rings. The highest BCUT2D eigenvalue weighted by Crippen LogP contribution is 2.10. The van der Waals surface area contributed by atoms with Gasteiger partial charge in [0.05, 0.1) is 6.54 Å². The molecule has 0 bridgehead atoms. The lowest BCUT2D eigenvalue weighted by Crippen LogP contribution is -2.03. The molecule has 0 aromatic carbocycles. The van der Waals surface area contributed by atoms with Gasteiger partial charge in [0.2, 0.25) is 6.33 Å². The van der Waals surface area contributed by atoms with Crippen molar-refractivity contribution in [3.8, 4) is 0 Å². The maximum atomic E-state index is 10.5. The van der Waals surface area contributed by atoms with Gasteiger partial charge in [-0.15, -0.1) is 0 Å². The van der Waals surface area contributed by atoms with Crippen LogP contribution in [0.15, 0.2) is 18.6 Å². The molecule has 2 rings (SSSR count). The van der Waals surface area contributed by atoms with Crippen LogP contribution in [-0.4, -0.2) is 24.4 Å². The number of nitro groups is 1. The zero-order valence-electron chi connectivity index (χ0n) is 8.87. The van der Waals surface area contributed by atoms with E-state index < -0.39 is 4.92 Å². The Morgan fingerprint density at radius 3 is 2.88 bits per heavy atom. The summed E-state index contributed by atoms with van der Waals surface area (Å²) in [5.41, 5.74) is 0.745. The number of halogens is 1. The van der Waals surface area contributed by atoms with Gasteiger partial charge in [0, 0.05) is 5.69 Å². The summed E-state index contributed by atoms with van der Waals surface area (Å²) in [5.74, 6) is 0.283. The quantitative estimate of drug-likeness (QED) is 0.471. The zero-order chi connectivity index (χ0) is 12.4. The average Bonchev–Trinajstić information content (AvgIpc) is 2.64. The van der Waals surface area contributed by atoms with Crippen molar-refractivity contribution in [3.63, 3.8) is 0 Å². The number of nitrogens with zero attached hydrogens (tertiary/aromatic N) is 5. The van der Waals surface area contributed by atoms with Crippen LogP contribution in [0.2, 0.25) is 5.15 Å². The number of rotatable bonds is 3. The molecule has 0 N–H and O–H groups in total. The van der Waals surface area contributed by atoms with E-state index in [-0.39, 0.29) is 5.82 Å². The molecule has 2 aromatic heterocycles. The van der Waals surface area contributed by atoms with E-state index in [0.717, 1.165) is 5.69 Å². The van der Waals surface area contributed by atoms with Crippen LogP contribution in [0.5, 0.6) is 0 Å². The second-order valence-corrected chi connectivity index (χ2v) is 3.80. The van der Waals surface area contributed by atoms with Gasteiger partial charge in [-0.25, -0.2) is 9.97 Å². The Morgan fingerprint density at radius 2 is 2.29 bits per heavy atom. The lowest BCUT2D eigenvalue weighted by Gasteiger charge is -2.01. The molecule has 17 heavy (non-hydrogen) atoms. The number of imidazole rings is 1. The van der Waals surface area contributed by atoms with Crippen LogP contribution in [0.4, 0.5) is 5.82 Å². The minimum Gasteiger partial charge on any atom is -0.358 e. The summed E-state index contributed by atoms with van der Waals surface area (Å²) in [6.45, 7) is 2.09. The highest BCUT2D eigenvalue weighted by molar-refractivity contribution is 6.29. The summed E-state index contributed by atoms with van der Waals surface area (Å²) in [6, 6.07) is 1.64. The smallest absolute Gasteiger partial charge is 0.358 e. The Morgan fingerprint density at radius 1 is 1.53 bits per heavy atom. The highest BCUT2D eigenvalue weighted by atomic mass is 35.5. The summed E-state index contributed by atoms with van der Waals surface area (Å²) in [6.07, 6.45) is 2.68. The second-order valence-electron chi connectivity index (χ2n) is 3.41. The standard InChI is InChI=1S/C9H8ClN5O2/c1-6-2-7(10)13-8(12-6)3-14-4-9(11-5-14)15(16)17/h2,4-5H,3H2,1H3. The normalized spacial score (nSPS) is 10.5. The van der Waals surface area contributed by atoms with Crippen LogP contribution in [-0.2, 0) is 6.54 Å². The van der Waals surface area contributed by atoms with Gasteiger partial charge in [-0.3, -0.25) is 0 Å². The lowest BCUT2D eigenvalue weighted by atomic mass is 10.4. The van der Waals surface area contributed by atoms with Gasteiger partial charge < -0.3 is 14.7 Å². The fourth-order valence-corrected chi connectivity index (χ4v) is 1.61. The predicted molar refractivity (Wildman–Crippen MR) is 59.8 cm³/mol. The van der Waals surface area contributed by atoms with E-state index in [1.54, 1.807) is 13.0 Å². The molecule has 88 valence electrons. The van der Waals surface area contributed by atoms with Crippen LogP contribution in [0.1, 0.15) is 11.5 Å². The van der Waals surface area contributed by atoms with E-state index in [1.807, 2.05) is 0 Å². The summed E-state index contributed by atoms with van der Waals surface area (Å²) in [5, 5.41) is 10.8. The molecular formula is C9H8ClN5O2. The van der Waals surface area contributed by atoms with Crippen molar-refractivity contribution in [2.45, 2.75) is 13.5 Å². The summed E-state index contributed by atoms with van der Waals surface area (Å²) in [7, 11) is 0. The number of hydrogen-bond acceptors (Lipinski definition) is 5. The molecule has 2 heterocycles. The lowest BCUT2D eigenvalue weighted by molar-refractivity contribution is -0.389. The molecule has 0 amide bonds. The number of hydrogen-bond donors (Lipinski definition) is 0. The zero-order valence-corrected chi connectivity index (χ0v) is 9.63. The van der Waals surface area contributed by atoms with E-state index in [4.69, 9.17) is 11.6 Å². The van der Waals surface area contributed by atoms with Gasteiger partial charge in [-0.2, -0.15) is 0 Å². The molecular weight excluding hydrogens is 246 g/mol. The topological polar surface area (TPSA) is 86.7 Å². The van der Waals surface area contributed by atoms with Crippen molar-refractivity contribution >= 4 is 17.4 Å². The number of aryl methyl sites for hydroxylation is 1. The van der Waals surface area contributed by atoms with Crippen LogP contribution >= 0.6 is 11.6 Å². The van der Waals surface area contributed by atoms with Crippen molar-refractivity contribution in [2.24, 2.45) is 0 Å². The minimum absolute atomic E-state index is 0.205. The van der Waals surface area contributed by atoms with E-state index in [1.165, 1.54) is 17.1 Å². The minimum atomic E-state index is -0.555. The molecule has 0 aliphatic rings. The first-order valence-electron chi connectivity index (χ1n) is 4.71. The maximum Gasteiger partial charge on any atom is 0.381 e. The van der Waals surface area contributed by atoms with Crippen molar-refractivity contribution in [1.29, 1.82) is 0 Å². The van der Waals surface area contributed by atoms with E-state index >= 15 is 0 Å². The van der Waals surface area contributed by atoms with Gasteiger partial charge in [0.15, 0.2) is 0 Å². The highest BCUT2D eigenvalue weighted by Gasteiger charge is 2.11. The Hall–Kier alpha value is -2.02. The van der Waals surface area contributed by atoms with Gasteiger partial charge in [-0.05, 0) is 22.9 Å². The molecule has 0 spiro atoms. The van der Waals surface area contributed by atoms with Gasteiger partial charge in [0.1, 0.15) is 17.2 Å². The third-order valence-corrected chi connectivity index (χ3v) is 2.19. The van der Waals surface area contributed by atoms with Gasteiger partial charge in [-0.1, -0.05) is 11.6 Å². The van der Waals surface area contributed by atoms with E-state index in [9.17, 15) is 10.1 Å². The molecule has 0 saturated carbocycles. The van der Waals surface area contributed by atoms with Gasteiger partial charge >= 0.3 is 5.82 Å². The molecule has 0 atom stereocenters. The molecule has 0 aliphatic carbocycles. The third kappa shape index (κ3) is 2.76. The molecule has 0 radical (unpaired) electrons. The SMILES string of the molecule is Cc1cc(Cl)nc(Cn2cnc([N+](=O)[O-])c2)n1. The summed E-state index contributed by atoms with van der Waals surface area (Å²) >= 11 is 5.79. The first-order chi connectivity index (χ1) is 8.04. The fourth-order valence-electron chi connectivity index (χ4n) is 1.35. The molecule has 7 nitrogen and oxygen atoms in total. The molecule has 0 unspecified atom stereocenters. The Bertz CT molecular complexity index is 548. The molecule has 0 aliphatic heterocycles. The van der Waals surface area contributed by atoms with Crippen molar-refractivity contribution in [1.82, 2.24) is 19.5 Å². The molecule has 8 heteroatoms. The largest absolute Gasteiger partial charge is 0.381 e. The second kappa shape index (κ2) is 4.46. The Labute approximate surface area is 101 Å². The van der Waals surface area contributed by atoms with E-state index in [2.05, 4.69) is 15.0 Å². The molecule has 2 aromatic rings. The Kier molecular flexibility index (Phi) is 3.01. The monoisotopic (exact) mass is 253 g/mol. The van der Waals surface area contributed by atoms with Crippen molar-refractivity contribution in [2.75, 3.05) is 0 Å². The van der Waals surface area contributed by atoms with Crippen molar-refractivity contribution in [3.05, 3.63) is 45.4 Å². The first kappa shape index (κ1) is 11.5. The third-order valence-electron chi connectivity index (χ3n) is 2.00. The van der Waals surface area contributed by atoms with Crippen LogP contribution in [0.3, 0.4) is 0 Å². The van der Waals surface area contributed by atoms with Gasteiger partial charge in [0.25, 0.3) is 0 Å². The van der Waals surface area contributed by atoms with Crippen LogP contribution in [0.25, 0.3) is 0 Å². The first-order valence-corrected chi connectivity index (χ1v) is 5.08. The molecule has 0 saturated heterocycles. The van der Waals surface area contributed by atoms with Crippen LogP contribution < -0.4 is 0 Å². The maximum absolute atomic E-state index is 10.5. The fraction of sp³-hybridized carbons (Fsp3) is 0.222. The predicted octanol–water partition coefficient (Wildman–Crippen LogP) is 1.59. The van der Waals surface area contributed by atoms with E-state index in [0.29, 0.717) is 17.5 Å². The average molecular weight is 254 g/mol. The Balaban J connectivity index is 2.22. The summed E-state index contributed by atoms with van der Waals surface area (Å²) in [4.78, 5) is 21.7.